The van der Waals surface area contributed by atoms with Crippen LogP contribution in [0, 0.1) is 34.5 Å². The number of hydrogen-bond acceptors (Lipinski definition) is 5. The first-order chi connectivity index (χ1) is 9.99. The first-order valence-corrected chi connectivity index (χ1v) is 6.05. The number of imide groups is 1. The molecule has 2 N–H and O–H groups in total. The molecule has 2 rings (SSSR count). The maximum absolute atomic E-state index is 12.2. The number of nitrogens with zero attached hydrogens (tertiary/aromatic N) is 3. The van der Waals surface area contributed by atoms with Crippen molar-refractivity contribution in [2.75, 3.05) is 4.90 Å². The first-order valence-electron chi connectivity index (χ1n) is 6.05. The molecular formula is C14H10N4O3. The summed E-state index contributed by atoms with van der Waals surface area (Å²) in [7, 11) is 0. The number of carbonyl (C=O) groups excluding carboxylic acids is 3. The summed E-state index contributed by atoms with van der Waals surface area (Å²) in [6.07, 6.45) is -0.178. The van der Waals surface area contributed by atoms with Gasteiger partial charge in [-0.15, -0.1) is 0 Å². The van der Waals surface area contributed by atoms with Crippen molar-refractivity contribution in [3.05, 3.63) is 29.8 Å². The highest BCUT2D eigenvalue weighted by molar-refractivity contribution is 6.21. The van der Waals surface area contributed by atoms with Crippen LogP contribution in [0.15, 0.2) is 24.3 Å². The van der Waals surface area contributed by atoms with Crippen molar-refractivity contribution in [3.63, 3.8) is 0 Å². The third-order valence-corrected chi connectivity index (χ3v) is 3.27. The summed E-state index contributed by atoms with van der Waals surface area (Å²) in [5, 5.41) is 17.7. The van der Waals surface area contributed by atoms with Gasteiger partial charge in [-0.05, 0) is 24.3 Å². The molecule has 1 heterocycles. The maximum Gasteiger partial charge on any atom is 0.248 e. The molecule has 0 saturated carbocycles. The van der Waals surface area contributed by atoms with Gasteiger partial charge in [0, 0.05) is 12.0 Å². The standard InChI is InChI=1S/C14H10N4O3/c15-6-9(7-16)11-5-12(19)18(14(11)21)10-3-1-8(2-4-10)13(17)20/h1-4,9,11H,5H2,(H2,17,20). The fourth-order valence-corrected chi connectivity index (χ4v) is 2.17. The number of anilines is 1. The Morgan fingerprint density at radius 1 is 1.24 bits per heavy atom. The van der Waals surface area contributed by atoms with E-state index in [-0.39, 0.29) is 17.7 Å². The van der Waals surface area contributed by atoms with Gasteiger partial charge in [-0.1, -0.05) is 0 Å². The number of benzene rings is 1. The molecule has 1 aromatic rings. The van der Waals surface area contributed by atoms with E-state index in [1.807, 2.05) is 0 Å². The fourth-order valence-electron chi connectivity index (χ4n) is 2.17. The van der Waals surface area contributed by atoms with Gasteiger partial charge in [0.2, 0.25) is 17.7 Å². The highest BCUT2D eigenvalue weighted by Crippen LogP contribution is 2.30. The van der Waals surface area contributed by atoms with E-state index in [1.165, 1.54) is 24.3 Å². The van der Waals surface area contributed by atoms with Crippen molar-refractivity contribution in [2.45, 2.75) is 6.42 Å². The Kier molecular flexibility index (Phi) is 3.68. The molecule has 1 fully saturated rings. The molecule has 7 nitrogen and oxygen atoms in total. The lowest BCUT2D eigenvalue weighted by Gasteiger charge is -2.15. The summed E-state index contributed by atoms with van der Waals surface area (Å²) in [5.41, 5.74) is 5.65. The average Bonchev–Trinajstić information content (AvgIpc) is 2.76. The minimum Gasteiger partial charge on any atom is -0.366 e. The van der Waals surface area contributed by atoms with Crippen molar-refractivity contribution in [2.24, 2.45) is 17.6 Å². The van der Waals surface area contributed by atoms with Crippen LogP contribution in [0.25, 0.3) is 0 Å². The Labute approximate surface area is 120 Å². The molecule has 0 aromatic heterocycles. The highest BCUT2D eigenvalue weighted by Gasteiger charge is 2.44. The van der Waals surface area contributed by atoms with E-state index in [0.717, 1.165) is 4.90 Å². The van der Waals surface area contributed by atoms with Gasteiger partial charge >= 0.3 is 0 Å². The Morgan fingerprint density at radius 3 is 2.29 bits per heavy atom. The van der Waals surface area contributed by atoms with E-state index >= 15 is 0 Å². The van der Waals surface area contributed by atoms with E-state index < -0.39 is 29.6 Å². The molecule has 21 heavy (non-hydrogen) atoms. The molecular weight excluding hydrogens is 272 g/mol. The van der Waals surface area contributed by atoms with Crippen molar-refractivity contribution in [3.8, 4) is 12.1 Å². The number of rotatable bonds is 3. The van der Waals surface area contributed by atoms with E-state index in [0.29, 0.717) is 0 Å². The van der Waals surface area contributed by atoms with Crippen LogP contribution in [0.5, 0.6) is 0 Å². The lowest BCUT2D eigenvalue weighted by atomic mass is 9.93. The number of hydrogen-bond donors (Lipinski definition) is 1. The van der Waals surface area contributed by atoms with E-state index in [1.54, 1.807) is 12.1 Å². The smallest absolute Gasteiger partial charge is 0.248 e. The van der Waals surface area contributed by atoms with Crippen LogP contribution < -0.4 is 10.6 Å². The molecule has 0 radical (unpaired) electrons. The lowest BCUT2D eigenvalue weighted by molar-refractivity contribution is -0.122. The van der Waals surface area contributed by atoms with Gasteiger partial charge in [0.15, 0.2) is 0 Å². The molecule has 1 atom stereocenters. The summed E-state index contributed by atoms with van der Waals surface area (Å²) in [6.45, 7) is 0. The number of nitrogens with two attached hydrogens (primary N) is 1. The zero-order valence-corrected chi connectivity index (χ0v) is 10.8. The van der Waals surface area contributed by atoms with Crippen LogP contribution in [-0.4, -0.2) is 17.7 Å². The number of nitriles is 2. The molecule has 1 aliphatic rings. The summed E-state index contributed by atoms with van der Waals surface area (Å²) in [5.74, 6) is -3.79. The zero-order valence-electron chi connectivity index (χ0n) is 10.8. The van der Waals surface area contributed by atoms with Crippen molar-refractivity contribution < 1.29 is 14.4 Å². The van der Waals surface area contributed by atoms with Gasteiger partial charge < -0.3 is 5.73 Å². The Bertz CT molecular complexity index is 682. The molecule has 104 valence electrons. The van der Waals surface area contributed by atoms with Crippen LogP contribution in [-0.2, 0) is 9.59 Å². The van der Waals surface area contributed by atoms with Crippen LogP contribution >= 0.6 is 0 Å². The van der Waals surface area contributed by atoms with Crippen molar-refractivity contribution in [1.82, 2.24) is 0 Å². The quantitative estimate of drug-likeness (QED) is 0.799. The molecule has 1 saturated heterocycles. The largest absolute Gasteiger partial charge is 0.366 e. The minimum atomic E-state index is -1.16. The second kappa shape index (κ2) is 5.43. The van der Waals surface area contributed by atoms with Crippen LogP contribution in [0.2, 0.25) is 0 Å². The predicted octanol–water partition coefficient (Wildman–Crippen LogP) is 0.328. The van der Waals surface area contributed by atoms with Gasteiger partial charge in [0.1, 0.15) is 5.92 Å². The SMILES string of the molecule is N#CC(C#N)C1CC(=O)N(c2ccc(C(N)=O)cc2)C1=O. The molecule has 0 bridgehead atoms. The Balaban J connectivity index is 2.31. The third-order valence-electron chi connectivity index (χ3n) is 3.27. The van der Waals surface area contributed by atoms with Crippen LogP contribution in [0.1, 0.15) is 16.8 Å². The summed E-state index contributed by atoms with van der Waals surface area (Å²) >= 11 is 0. The second-order valence-electron chi connectivity index (χ2n) is 4.52. The van der Waals surface area contributed by atoms with Crippen LogP contribution in [0.3, 0.4) is 0 Å². The predicted molar refractivity (Wildman–Crippen MR) is 70.3 cm³/mol. The third kappa shape index (κ3) is 2.45. The Hall–Kier alpha value is -3.19. The average molecular weight is 282 g/mol. The summed E-state index contributed by atoms with van der Waals surface area (Å²) in [6, 6.07) is 9.08. The van der Waals surface area contributed by atoms with Gasteiger partial charge in [-0.3, -0.25) is 19.3 Å². The molecule has 1 unspecified atom stereocenters. The molecule has 7 heteroatoms. The minimum absolute atomic E-state index is 0.178. The molecule has 3 amide bonds. The topological polar surface area (TPSA) is 128 Å². The van der Waals surface area contributed by atoms with Crippen molar-refractivity contribution >= 4 is 23.4 Å². The van der Waals surface area contributed by atoms with E-state index in [4.69, 9.17) is 16.3 Å². The van der Waals surface area contributed by atoms with Crippen molar-refractivity contribution in [1.29, 1.82) is 10.5 Å². The van der Waals surface area contributed by atoms with E-state index in [2.05, 4.69) is 0 Å². The molecule has 1 aromatic carbocycles. The van der Waals surface area contributed by atoms with Gasteiger partial charge in [0.05, 0.1) is 23.7 Å². The fraction of sp³-hybridized carbons (Fsp3) is 0.214. The second-order valence-corrected chi connectivity index (χ2v) is 4.52. The zero-order chi connectivity index (χ0) is 15.6. The number of primary amides is 1. The highest BCUT2D eigenvalue weighted by atomic mass is 16.2. The molecule has 1 aliphatic heterocycles. The maximum atomic E-state index is 12.2. The normalized spacial score (nSPS) is 17.7. The number of amides is 3. The summed E-state index contributed by atoms with van der Waals surface area (Å²) in [4.78, 5) is 36.1. The van der Waals surface area contributed by atoms with Crippen LogP contribution in [0.4, 0.5) is 5.69 Å². The number of carbonyl (C=O) groups is 3. The van der Waals surface area contributed by atoms with Gasteiger partial charge in [0.25, 0.3) is 0 Å². The van der Waals surface area contributed by atoms with Gasteiger partial charge in [-0.25, -0.2) is 0 Å². The monoisotopic (exact) mass is 282 g/mol. The van der Waals surface area contributed by atoms with E-state index in [9.17, 15) is 14.4 Å². The lowest BCUT2D eigenvalue weighted by Crippen LogP contribution is -2.31. The Morgan fingerprint density at radius 2 is 1.81 bits per heavy atom. The molecule has 0 spiro atoms. The van der Waals surface area contributed by atoms with Gasteiger partial charge in [-0.2, -0.15) is 10.5 Å². The summed E-state index contributed by atoms with van der Waals surface area (Å²) < 4.78 is 0. The first kappa shape index (κ1) is 14.2. The molecule has 0 aliphatic carbocycles.